The van der Waals surface area contributed by atoms with Crippen molar-refractivity contribution in [2.45, 2.75) is 45.4 Å². The van der Waals surface area contributed by atoms with E-state index in [4.69, 9.17) is 5.26 Å². The minimum absolute atomic E-state index is 0.909. The second-order valence-corrected chi connectivity index (χ2v) is 4.39. The van der Waals surface area contributed by atoms with Gasteiger partial charge >= 0.3 is 0 Å². The normalized spacial score (nSPS) is 20.8. The highest BCUT2D eigenvalue weighted by molar-refractivity contribution is 5.35. The van der Waals surface area contributed by atoms with Crippen LogP contribution in [0.15, 0.2) is 23.0 Å². The van der Waals surface area contributed by atoms with Crippen LogP contribution in [0.2, 0.25) is 0 Å². The molecule has 0 aromatic heterocycles. The third-order valence-corrected chi connectivity index (χ3v) is 3.22. The Morgan fingerprint density at radius 2 is 2.20 bits per heavy atom. The minimum Gasteiger partial charge on any atom is -0.350 e. The van der Waals surface area contributed by atoms with Crippen LogP contribution >= 0.6 is 0 Å². The molecule has 0 bridgehead atoms. The van der Waals surface area contributed by atoms with Gasteiger partial charge in [-0.05, 0) is 37.7 Å². The van der Waals surface area contributed by atoms with Gasteiger partial charge in [-0.2, -0.15) is 5.26 Å². The average molecular weight is 202 g/mol. The smallest absolute Gasteiger partial charge is 0.0965 e. The zero-order valence-corrected chi connectivity index (χ0v) is 9.42. The van der Waals surface area contributed by atoms with Crippen molar-refractivity contribution in [1.82, 2.24) is 4.90 Å². The van der Waals surface area contributed by atoms with E-state index in [9.17, 15) is 0 Å². The molecule has 80 valence electrons. The van der Waals surface area contributed by atoms with Crippen LogP contribution in [-0.2, 0) is 0 Å². The van der Waals surface area contributed by atoms with Crippen molar-refractivity contribution >= 4 is 0 Å². The van der Waals surface area contributed by atoms with Crippen molar-refractivity contribution in [2.24, 2.45) is 0 Å². The van der Waals surface area contributed by atoms with Crippen LogP contribution in [0.5, 0.6) is 0 Å². The Balaban J connectivity index is 2.23. The largest absolute Gasteiger partial charge is 0.350 e. The van der Waals surface area contributed by atoms with E-state index in [0.29, 0.717) is 0 Å². The Morgan fingerprint density at radius 1 is 1.40 bits per heavy atom. The summed E-state index contributed by atoms with van der Waals surface area (Å²) in [6.45, 7) is 3.25. The summed E-state index contributed by atoms with van der Waals surface area (Å²) in [7, 11) is 0. The number of hydrogen-bond acceptors (Lipinski definition) is 2. The maximum atomic E-state index is 9.00. The lowest BCUT2D eigenvalue weighted by Crippen LogP contribution is -2.25. The molecule has 0 spiro atoms. The Bertz CT molecular complexity index is 344. The number of allylic oxidation sites excluding steroid dienone is 3. The maximum Gasteiger partial charge on any atom is 0.0965 e. The van der Waals surface area contributed by atoms with Crippen LogP contribution in [0.3, 0.4) is 0 Å². The molecular formula is C13H18N2. The van der Waals surface area contributed by atoms with Crippen molar-refractivity contribution in [1.29, 1.82) is 5.26 Å². The second-order valence-electron chi connectivity index (χ2n) is 4.39. The molecule has 0 radical (unpaired) electrons. The van der Waals surface area contributed by atoms with E-state index in [1.165, 1.54) is 37.0 Å². The molecule has 2 rings (SSSR count). The highest BCUT2D eigenvalue weighted by Crippen LogP contribution is 2.35. The molecule has 1 heterocycles. The number of nitriles is 1. The summed E-state index contributed by atoms with van der Waals surface area (Å²) in [6, 6.07) is 2.31. The van der Waals surface area contributed by atoms with Gasteiger partial charge in [0.05, 0.1) is 6.07 Å². The van der Waals surface area contributed by atoms with Crippen LogP contribution in [0.4, 0.5) is 0 Å². The molecule has 15 heavy (non-hydrogen) atoms. The fraction of sp³-hybridized carbons (Fsp3) is 0.615. The fourth-order valence-corrected chi connectivity index (χ4v) is 2.54. The molecule has 1 aliphatic carbocycles. The van der Waals surface area contributed by atoms with Gasteiger partial charge in [-0.15, -0.1) is 0 Å². The van der Waals surface area contributed by atoms with Gasteiger partial charge in [-0.25, -0.2) is 0 Å². The lowest BCUT2D eigenvalue weighted by Gasteiger charge is -2.33. The van der Waals surface area contributed by atoms with E-state index in [1.807, 2.05) is 0 Å². The molecule has 0 saturated heterocycles. The zero-order chi connectivity index (χ0) is 10.7. The van der Waals surface area contributed by atoms with Gasteiger partial charge in [0.25, 0.3) is 0 Å². The summed E-state index contributed by atoms with van der Waals surface area (Å²) in [4.78, 5) is 2.32. The van der Waals surface area contributed by atoms with Crippen molar-refractivity contribution in [3.05, 3.63) is 23.0 Å². The molecule has 1 aliphatic heterocycles. The second kappa shape index (κ2) is 4.53. The first-order chi connectivity index (χ1) is 7.35. The summed E-state index contributed by atoms with van der Waals surface area (Å²) >= 11 is 0. The van der Waals surface area contributed by atoms with Gasteiger partial charge in [-0.1, -0.05) is 6.92 Å². The first kappa shape index (κ1) is 10.3. The van der Waals surface area contributed by atoms with Crippen LogP contribution in [0, 0.1) is 11.3 Å². The van der Waals surface area contributed by atoms with Gasteiger partial charge in [0.2, 0.25) is 0 Å². The summed E-state index contributed by atoms with van der Waals surface area (Å²) in [6.07, 6.45) is 9.15. The predicted molar refractivity (Wildman–Crippen MR) is 60.8 cm³/mol. The molecular weight excluding hydrogens is 184 g/mol. The molecule has 0 saturated carbocycles. The molecule has 0 aromatic carbocycles. The monoisotopic (exact) mass is 202 g/mol. The molecule has 0 aromatic rings. The molecule has 0 unspecified atom stereocenters. The lowest BCUT2D eigenvalue weighted by atomic mass is 9.89. The van der Waals surface area contributed by atoms with Crippen molar-refractivity contribution in [2.75, 3.05) is 6.54 Å². The Labute approximate surface area is 91.9 Å². The molecule has 0 atom stereocenters. The van der Waals surface area contributed by atoms with E-state index < -0.39 is 0 Å². The third-order valence-electron chi connectivity index (χ3n) is 3.22. The molecule has 0 fully saturated rings. The van der Waals surface area contributed by atoms with Crippen LogP contribution < -0.4 is 0 Å². The molecule has 2 heteroatoms. The highest BCUT2D eigenvalue weighted by Gasteiger charge is 2.22. The number of hydrogen-bond donors (Lipinski definition) is 0. The molecule has 2 nitrogen and oxygen atoms in total. The quantitative estimate of drug-likeness (QED) is 0.686. The van der Waals surface area contributed by atoms with Gasteiger partial charge < -0.3 is 4.90 Å². The summed E-state index contributed by atoms with van der Waals surface area (Å²) in [5, 5.41) is 9.00. The van der Waals surface area contributed by atoms with Gasteiger partial charge in [0.1, 0.15) is 0 Å². The first-order valence-electron chi connectivity index (χ1n) is 5.93. The van der Waals surface area contributed by atoms with Crippen LogP contribution in [0.1, 0.15) is 45.4 Å². The lowest BCUT2D eigenvalue weighted by molar-refractivity contribution is 0.401. The predicted octanol–water partition coefficient (Wildman–Crippen LogP) is 3.34. The SMILES string of the molecule is CCCN1C=C(C#N)CC2=C1CCCC2. The number of nitrogens with zero attached hydrogens (tertiary/aromatic N) is 2. The van der Waals surface area contributed by atoms with E-state index >= 15 is 0 Å². The molecule has 2 aliphatic rings. The third kappa shape index (κ3) is 2.07. The summed E-state index contributed by atoms with van der Waals surface area (Å²) in [5.41, 5.74) is 3.97. The highest BCUT2D eigenvalue weighted by atomic mass is 15.1. The Morgan fingerprint density at radius 3 is 2.93 bits per heavy atom. The Kier molecular flexibility index (Phi) is 3.11. The van der Waals surface area contributed by atoms with Crippen molar-refractivity contribution in [3.8, 4) is 6.07 Å². The van der Waals surface area contributed by atoms with Crippen molar-refractivity contribution < 1.29 is 0 Å². The maximum absolute atomic E-state index is 9.00. The molecule has 0 amide bonds. The van der Waals surface area contributed by atoms with Gasteiger partial charge in [-0.3, -0.25) is 0 Å². The van der Waals surface area contributed by atoms with E-state index in [-0.39, 0.29) is 0 Å². The van der Waals surface area contributed by atoms with E-state index in [0.717, 1.165) is 25.0 Å². The van der Waals surface area contributed by atoms with E-state index in [2.05, 4.69) is 24.1 Å². The summed E-state index contributed by atoms with van der Waals surface area (Å²) < 4.78 is 0. The Hall–Kier alpha value is -1.23. The first-order valence-corrected chi connectivity index (χ1v) is 5.93. The van der Waals surface area contributed by atoms with Gasteiger partial charge in [0, 0.05) is 30.4 Å². The van der Waals surface area contributed by atoms with Crippen LogP contribution in [-0.4, -0.2) is 11.4 Å². The zero-order valence-electron chi connectivity index (χ0n) is 9.42. The van der Waals surface area contributed by atoms with E-state index in [1.54, 1.807) is 0 Å². The van der Waals surface area contributed by atoms with Crippen molar-refractivity contribution in [3.63, 3.8) is 0 Å². The topological polar surface area (TPSA) is 27.0 Å². The average Bonchev–Trinajstić information content (AvgIpc) is 2.29. The standard InChI is InChI=1S/C13H18N2/c1-2-7-15-10-11(9-14)8-12-5-3-4-6-13(12)15/h10H,2-8H2,1H3. The minimum atomic E-state index is 0.909. The molecule has 0 N–H and O–H groups in total. The summed E-state index contributed by atoms with van der Waals surface area (Å²) in [5.74, 6) is 0. The fourth-order valence-electron chi connectivity index (χ4n) is 2.54. The van der Waals surface area contributed by atoms with Crippen LogP contribution in [0.25, 0.3) is 0 Å². The number of rotatable bonds is 2. The van der Waals surface area contributed by atoms with Gasteiger partial charge in [0.15, 0.2) is 0 Å².